The highest BCUT2D eigenvalue weighted by atomic mass is 19.4. The number of benzene rings is 1. The minimum Gasteiger partial charge on any atom is -0.444 e. The molecule has 2 heterocycles. The molecule has 1 aromatic rings. The van der Waals surface area contributed by atoms with Crippen LogP contribution >= 0.6 is 0 Å². The maximum atomic E-state index is 12.9. The van der Waals surface area contributed by atoms with Crippen LogP contribution in [0.4, 0.5) is 23.7 Å². The van der Waals surface area contributed by atoms with Crippen molar-refractivity contribution in [2.75, 3.05) is 11.4 Å². The largest absolute Gasteiger partial charge is 0.444 e. The summed E-state index contributed by atoms with van der Waals surface area (Å²) in [5.74, 6) is -0.749. The number of alkyl halides is 3. The quantitative estimate of drug-likeness (QED) is 0.718. The molecule has 3 atom stereocenters. The molecule has 2 aliphatic rings. The predicted molar refractivity (Wildman–Crippen MR) is 93.6 cm³/mol. The van der Waals surface area contributed by atoms with Crippen LogP contribution < -0.4 is 4.90 Å². The first-order valence-electron chi connectivity index (χ1n) is 8.87. The van der Waals surface area contributed by atoms with Crippen molar-refractivity contribution in [1.29, 1.82) is 0 Å². The summed E-state index contributed by atoms with van der Waals surface area (Å²) in [5.41, 5.74) is -1.31. The van der Waals surface area contributed by atoms with Crippen LogP contribution in [-0.4, -0.2) is 47.4 Å². The molecule has 2 bridgehead atoms. The van der Waals surface area contributed by atoms with Gasteiger partial charge in [-0.15, -0.1) is 0 Å². The lowest BCUT2D eigenvalue weighted by molar-refractivity contribution is -0.137. The first-order valence-corrected chi connectivity index (χ1v) is 8.87. The third-order valence-electron chi connectivity index (χ3n) is 4.88. The van der Waals surface area contributed by atoms with Crippen molar-refractivity contribution in [3.8, 4) is 0 Å². The summed E-state index contributed by atoms with van der Waals surface area (Å²) in [6, 6.07) is 2.55. The fourth-order valence-corrected chi connectivity index (χ4v) is 3.68. The third-order valence-corrected chi connectivity index (χ3v) is 4.88. The summed E-state index contributed by atoms with van der Waals surface area (Å²) in [7, 11) is 0. The van der Waals surface area contributed by atoms with Gasteiger partial charge in [0.25, 0.3) is 0 Å². The van der Waals surface area contributed by atoms with Gasteiger partial charge in [0.1, 0.15) is 17.9 Å². The Morgan fingerprint density at radius 2 is 1.79 bits per heavy atom. The number of ether oxygens (including phenoxy) is 1. The molecule has 0 aromatic heterocycles. The molecule has 0 saturated carbocycles. The van der Waals surface area contributed by atoms with Gasteiger partial charge >= 0.3 is 12.3 Å². The van der Waals surface area contributed by atoms with Crippen LogP contribution in [0.3, 0.4) is 0 Å². The third kappa shape index (κ3) is 3.70. The second-order valence-corrected chi connectivity index (χ2v) is 8.02. The highest BCUT2D eigenvalue weighted by molar-refractivity contribution is 6.01. The van der Waals surface area contributed by atoms with E-state index in [4.69, 9.17) is 4.74 Å². The molecule has 2 saturated heterocycles. The smallest absolute Gasteiger partial charge is 0.416 e. The van der Waals surface area contributed by atoms with Gasteiger partial charge in [-0.2, -0.15) is 13.2 Å². The highest BCUT2D eigenvalue weighted by Gasteiger charge is 2.53. The van der Waals surface area contributed by atoms with Crippen molar-refractivity contribution < 1.29 is 32.3 Å². The van der Waals surface area contributed by atoms with E-state index in [0.29, 0.717) is 18.4 Å². The molecule has 0 aliphatic carbocycles. The number of carbonyl (C=O) groups is 3. The fourth-order valence-electron chi connectivity index (χ4n) is 3.68. The van der Waals surface area contributed by atoms with Gasteiger partial charge in [0, 0.05) is 18.2 Å². The number of carbonyl (C=O) groups excluding carboxylic acids is 3. The van der Waals surface area contributed by atoms with Crippen LogP contribution in [0, 0.1) is 5.92 Å². The van der Waals surface area contributed by atoms with E-state index in [9.17, 15) is 27.6 Å². The number of fused-ring (bicyclic) bond motifs is 2. The number of halogens is 3. The first-order chi connectivity index (χ1) is 12.9. The van der Waals surface area contributed by atoms with Gasteiger partial charge in [0.05, 0.1) is 11.6 Å². The Labute approximate surface area is 160 Å². The molecule has 0 radical (unpaired) electrons. The SMILES string of the molecule is CC(C)(C)OC(=O)N1[C@@H]2C[C@@H](CN(c3ccc(C(F)(F)F)cc3)C2=O)[C@@H]1C=O. The molecule has 152 valence electrons. The summed E-state index contributed by atoms with van der Waals surface area (Å²) in [4.78, 5) is 39.6. The molecular formula is C19H21F3N2O4. The number of piperidine rings is 1. The van der Waals surface area contributed by atoms with E-state index in [-0.39, 0.29) is 12.5 Å². The number of hydrogen-bond donors (Lipinski definition) is 0. The second-order valence-electron chi connectivity index (χ2n) is 8.02. The van der Waals surface area contributed by atoms with Gasteiger partial charge in [0.15, 0.2) is 0 Å². The lowest BCUT2D eigenvalue weighted by Gasteiger charge is -2.32. The standard InChI is InChI=1S/C19H21F3N2O4/c1-18(2,3)28-17(27)24-14-8-11(15(24)10-25)9-23(16(14)26)13-6-4-12(5-7-13)19(20,21)22/h4-7,10-11,14-15H,8-9H2,1-3H3/t11-,14+,15-/m0/s1. The highest BCUT2D eigenvalue weighted by Crippen LogP contribution is 2.39. The zero-order chi connectivity index (χ0) is 20.9. The van der Waals surface area contributed by atoms with Crippen LogP contribution in [0.1, 0.15) is 32.8 Å². The van der Waals surface area contributed by atoms with Crippen LogP contribution in [0.15, 0.2) is 24.3 Å². The van der Waals surface area contributed by atoms with Crippen LogP contribution in [0.25, 0.3) is 0 Å². The van der Waals surface area contributed by atoms with E-state index >= 15 is 0 Å². The normalized spacial score (nSPS) is 25.1. The average Bonchev–Trinajstić information content (AvgIpc) is 2.90. The Morgan fingerprint density at radius 3 is 2.29 bits per heavy atom. The minimum absolute atomic E-state index is 0.142. The van der Waals surface area contributed by atoms with Crippen molar-refractivity contribution >= 4 is 24.0 Å². The number of amides is 2. The zero-order valence-corrected chi connectivity index (χ0v) is 15.7. The molecule has 1 aromatic carbocycles. The predicted octanol–water partition coefficient (Wildman–Crippen LogP) is 3.25. The van der Waals surface area contributed by atoms with Gasteiger partial charge in [-0.1, -0.05) is 0 Å². The van der Waals surface area contributed by atoms with Crippen molar-refractivity contribution in [1.82, 2.24) is 4.90 Å². The van der Waals surface area contributed by atoms with Gasteiger partial charge in [-0.25, -0.2) is 4.79 Å². The average molecular weight is 398 g/mol. The monoisotopic (exact) mass is 398 g/mol. The summed E-state index contributed by atoms with van der Waals surface area (Å²) in [5, 5.41) is 0. The Bertz CT molecular complexity index is 786. The topological polar surface area (TPSA) is 66.9 Å². The molecule has 6 nitrogen and oxygen atoms in total. The number of aldehydes is 1. The Hall–Kier alpha value is -2.58. The zero-order valence-electron chi connectivity index (χ0n) is 15.7. The molecule has 3 rings (SSSR count). The Balaban J connectivity index is 1.87. The number of likely N-dealkylation sites (tertiary alicyclic amines) is 1. The van der Waals surface area contributed by atoms with Crippen LogP contribution in [0.2, 0.25) is 0 Å². The Kier molecular flexibility index (Phi) is 4.89. The molecule has 2 aliphatic heterocycles. The molecule has 0 N–H and O–H groups in total. The van der Waals surface area contributed by atoms with Gasteiger partial charge in [0.2, 0.25) is 5.91 Å². The van der Waals surface area contributed by atoms with Gasteiger partial charge in [-0.3, -0.25) is 9.69 Å². The van der Waals surface area contributed by atoms with Crippen LogP contribution in [0.5, 0.6) is 0 Å². The number of nitrogens with zero attached hydrogens (tertiary/aromatic N) is 2. The number of anilines is 1. The van der Waals surface area contributed by atoms with Crippen LogP contribution in [-0.2, 0) is 20.5 Å². The van der Waals surface area contributed by atoms with Crippen molar-refractivity contribution in [2.45, 2.75) is 51.1 Å². The van der Waals surface area contributed by atoms with E-state index in [1.165, 1.54) is 17.0 Å². The maximum absolute atomic E-state index is 12.9. The molecule has 9 heteroatoms. The fraction of sp³-hybridized carbons (Fsp3) is 0.526. The molecular weight excluding hydrogens is 377 g/mol. The molecule has 2 amide bonds. The molecule has 2 fully saturated rings. The van der Waals surface area contributed by atoms with Crippen molar-refractivity contribution in [3.05, 3.63) is 29.8 Å². The summed E-state index contributed by atoms with van der Waals surface area (Å²) in [6.07, 6.45) is -4.28. The van der Waals surface area contributed by atoms with Crippen molar-refractivity contribution in [2.24, 2.45) is 5.92 Å². The van der Waals surface area contributed by atoms with E-state index < -0.39 is 41.4 Å². The van der Waals surface area contributed by atoms with Gasteiger partial charge < -0.3 is 14.4 Å². The summed E-state index contributed by atoms with van der Waals surface area (Å²) >= 11 is 0. The molecule has 28 heavy (non-hydrogen) atoms. The second kappa shape index (κ2) is 6.79. The lowest BCUT2D eigenvalue weighted by atomic mass is 9.94. The van der Waals surface area contributed by atoms with E-state index in [2.05, 4.69) is 0 Å². The van der Waals surface area contributed by atoms with E-state index in [0.717, 1.165) is 17.0 Å². The Morgan fingerprint density at radius 1 is 1.18 bits per heavy atom. The number of rotatable bonds is 2. The summed E-state index contributed by atoms with van der Waals surface area (Å²) in [6.45, 7) is 5.18. The van der Waals surface area contributed by atoms with E-state index in [1.54, 1.807) is 20.8 Å². The molecule has 0 unspecified atom stereocenters. The first kappa shape index (κ1) is 20.2. The maximum Gasteiger partial charge on any atom is 0.416 e. The van der Waals surface area contributed by atoms with Gasteiger partial charge in [-0.05, 0) is 51.5 Å². The number of hydrogen-bond acceptors (Lipinski definition) is 4. The minimum atomic E-state index is -4.47. The molecule has 0 spiro atoms. The lowest BCUT2D eigenvalue weighted by Crippen LogP contribution is -2.51. The summed E-state index contributed by atoms with van der Waals surface area (Å²) < 4.78 is 43.6. The van der Waals surface area contributed by atoms with E-state index in [1.807, 2.05) is 0 Å². The van der Waals surface area contributed by atoms with Crippen molar-refractivity contribution in [3.63, 3.8) is 0 Å².